The van der Waals surface area contributed by atoms with E-state index >= 15 is 0 Å². The third-order valence-electron chi connectivity index (χ3n) is 2.22. The Bertz CT molecular complexity index is 601. The zero-order valence-electron chi connectivity index (χ0n) is 9.30. The number of anilines is 1. The van der Waals surface area contributed by atoms with Crippen LogP contribution in [0.3, 0.4) is 0 Å². The zero-order valence-corrected chi connectivity index (χ0v) is 10.1. The van der Waals surface area contributed by atoms with E-state index in [4.69, 9.17) is 16.9 Å². The van der Waals surface area contributed by atoms with Gasteiger partial charge in [-0.15, -0.1) is 0 Å². The lowest BCUT2D eigenvalue weighted by molar-refractivity contribution is -0.115. The van der Waals surface area contributed by atoms with Gasteiger partial charge in [-0.25, -0.2) is 4.68 Å². The summed E-state index contributed by atoms with van der Waals surface area (Å²) in [7, 11) is 0. The molecule has 2 aromatic rings. The minimum atomic E-state index is -0.381. The number of nitrogens with one attached hydrogen (secondary N) is 1. The summed E-state index contributed by atoms with van der Waals surface area (Å²) in [5, 5.41) is 15.7. The molecule has 0 aliphatic rings. The van der Waals surface area contributed by atoms with Crippen LogP contribution in [0.5, 0.6) is 0 Å². The van der Waals surface area contributed by atoms with Crippen molar-refractivity contribution in [3.05, 3.63) is 41.7 Å². The first kappa shape index (κ1) is 12.1. The Kier molecular flexibility index (Phi) is 3.60. The molecule has 0 saturated heterocycles. The van der Waals surface area contributed by atoms with Gasteiger partial charge in [0.25, 0.3) is 0 Å². The first-order valence-electron chi connectivity index (χ1n) is 5.17. The van der Waals surface area contributed by atoms with Gasteiger partial charge in [0.1, 0.15) is 6.42 Å². The third kappa shape index (κ3) is 2.67. The molecular formula is C12H9ClN4O. The second kappa shape index (κ2) is 5.34. The number of nitrogens with zero attached hydrogens (tertiary/aromatic N) is 3. The summed E-state index contributed by atoms with van der Waals surface area (Å²) < 4.78 is 1.61. The molecular weight excluding hydrogens is 252 g/mol. The molecule has 0 fully saturated rings. The molecule has 0 atom stereocenters. The molecule has 0 aliphatic carbocycles. The molecule has 90 valence electrons. The van der Waals surface area contributed by atoms with Crippen molar-refractivity contribution in [1.82, 2.24) is 9.78 Å². The molecule has 18 heavy (non-hydrogen) atoms. The van der Waals surface area contributed by atoms with E-state index in [0.29, 0.717) is 16.4 Å². The Balaban J connectivity index is 2.36. The normalized spacial score (nSPS) is 9.78. The number of nitriles is 1. The lowest BCUT2D eigenvalue weighted by Gasteiger charge is -2.10. The highest BCUT2D eigenvalue weighted by Crippen LogP contribution is 2.24. The van der Waals surface area contributed by atoms with E-state index in [1.807, 2.05) is 0 Å². The molecule has 0 saturated carbocycles. The molecule has 0 unspecified atom stereocenters. The average molecular weight is 261 g/mol. The number of benzene rings is 1. The van der Waals surface area contributed by atoms with Crippen molar-refractivity contribution in [2.75, 3.05) is 5.32 Å². The van der Waals surface area contributed by atoms with Crippen LogP contribution in [0.2, 0.25) is 5.02 Å². The Morgan fingerprint density at radius 1 is 1.56 bits per heavy atom. The van der Waals surface area contributed by atoms with Gasteiger partial charge in [-0.2, -0.15) is 10.4 Å². The first-order chi connectivity index (χ1) is 8.70. The Hall–Kier alpha value is -2.32. The number of halogens is 1. The van der Waals surface area contributed by atoms with Gasteiger partial charge in [0.15, 0.2) is 0 Å². The maximum atomic E-state index is 11.4. The lowest BCUT2D eigenvalue weighted by Crippen LogP contribution is -2.12. The summed E-state index contributed by atoms with van der Waals surface area (Å²) in [6.07, 6.45) is 3.18. The minimum absolute atomic E-state index is 0.203. The van der Waals surface area contributed by atoms with E-state index in [0.717, 1.165) is 0 Å². The summed E-state index contributed by atoms with van der Waals surface area (Å²) >= 11 is 5.89. The molecule has 0 radical (unpaired) electrons. The standard InChI is InChI=1S/C12H9ClN4O/c13-9-2-3-11(17-7-1-6-15-17)10(8-9)16-12(18)4-5-14/h1-3,6-8H,4H2,(H,16,18). The number of amides is 1. The van der Waals surface area contributed by atoms with Gasteiger partial charge in [0, 0.05) is 17.4 Å². The highest BCUT2D eigenvalue weighted by molar-refractivity contribution is 6.31. The minimum Gasteiger partial charge on any atom is -0.323 e. The second-order valence-electron chi connectivity index (χ2n) is 3.50. The highest BCUT2D eigenvalue weighted by atomic mass is 35.5. The summed E-state index contributed by atoms with van der Waals surface area (Å²) in [5.74, 6) is -0.381. The smallest absolute Gasteiger partial charge is 0.238 e. The summed E-state index contributed by atoms with van der Waals surface area (Å²) in [4.78, 5) is 11.4. The number of carbonyl (C=O) groups excluding carboxylic acids is 1. The number of rotatable bonds is 3. The van der Waals surface area contributed by atoms with Crippen LogP contribution in [0.1, 0.15) is 6.42 Å². The van der Waals surface area contributed by atoms with Gasteiger partial charge < -0.3 is 5.32 Å². The summed E-state index contributed by atoms with van der Waals surface area (Å²) in [6.45, 7) is 0. The fraction of sp³-hybridized carbons (Fsp3) is 0.0833. The monoisotopic (exact) mass is 260 g/mol. The summed E-state index contributed by atoms with van der Waals surface area (Å²) in [6, 6.07) is 8.64. The van der Waals surface area contributed by atoms with Crippen molar-refractivity contribution in [2.45, 2.75) is 6.42 Å². The SMILES string of the molecule is N#CCC(=O)Nc1cc(Cl)ccc1-n1cccn1. The van der Waals surface area contributed by atoms with E-state index in [1.54, 1.807) is 47.4 Å². The van der Waals surface area contributed by atoms with Crippen LogP contribution in [0.25, 0.3) is 5.69 Å². The molecule has 1 aromatic carbocycles. The van der Waals surface area contributed by atoms with E-state index in [-0.39, 0.29) is 12.3 Å². The maximum absolute atomic E-state index is 11.4. The average Bonchev–Trinajstić information content (AvgIpc) is 2.83. The number of carbonyl (C=O) groups is 1. The zero-order chi connectivity index (χ0) is 13.0. The maximum Gasteiger partial charge on any atom is 0.238 e. The molecule has 5 nitrogen and oxygen atoms in total. The van der Waals surface area contributed by atoms with Crippen molar-refractivity contribution in [3.8, 4) is 11.8 Å². The molecule has 1 amide bonds. The van der Waals surface area contributed by atoms with Crippen LogP contribution < -0.4 is 5.32 Å². The van der Waals surface area contributed by atoms with Crippen molar-refractivity contribution >= 4 is 23.2 Å². The van der Waals surface area contributed by atoms with Gasteiger partial charge in [0.05, 0.1) is 17.4 Å². The van der Waals surface area contributed by atoms with Crippen LogP contribution in [0.15, 0.2) is 36.7 Å². The number of hydrogen-bond donors (Lipinski definition) is 1. The van der Waals surface area contributed by atoms with Gasteiger partial charge >= 0.3 is 0 Å². The Morgan fingerprint density at radius 3 is 3.06 bits per heavy atom. The van der Waals surface area contributed by atoms with Crippen LogP contribution in [-0.2, 0) is 4.79 Å². The molecule has 0 aliphatic heterocycles. The number of aromatic nitrogens is 2. The fourth-order valence-electron chi connectivity index (χ4n) is 1.49. The molecule has 0 spiro atoms. The Morgan fingerprint density at radius 2 is 2.39 bits per heavy atom. The second-order valence-corrected chi connectivity index (χ2v) is 3.93. The van der Waals surface area contributed by atoms with Crippen molar-refractivity contribution in [3.63, 3.8) is 0 Å². The molecule has 2 rings (SSSR count). The fourth-order valence-corrected chi connectivity index (χ4v) is 1.66. The molecule has 6 heteroatoms. The van der Waals surface area contributed by atoms with Gasteiger partial charge in [0.2, 0.25) is 5.91 Å². The third-order valence-corrected chi connectivity index (χ3v) is 2.46. The highest BCUT2D eigenvalue weighted by Gasteiger charge is 2.09. The molecule has 1 N–H and O–H groups in total. The van der Waals surface area contributed by atoms with Crippen LogP contribution >= 0.6 is 11.6 Å². The Labute approximate surface area is 109 Å². The van der Waals surface area contributed by atoms with E-state index in [1.165, 1.54) is 0 Å². The predicted molar refractivity (Wildman–Crippen MR) is 67.4 cm³/mol. The largest absolute Gasteiger partial charge is 0.323 e. The van der Waals surface area contributed by atoms with Gasteiger partial charge in [-0.05, 0) is 24.3 Å². The molecule has 0 bridgehead atoms. The van der Waals surface area contributed by atoms with Crippen LogP contribution in [-0.4, -0.2) is 15.7 Å². The number of hydrogen-bond acceptors (Lipinski definition) is 3. The van der Waals surface area contributed by atoms with Crippen LogP contribution in [0.4, 0.5) is 5.69 Å². The summed E-state index contributed by atoms with van der Waals surface area (Å²) in [5.41, 5.74) is 1.21. The van der Waals surface area contributed by atoms with E-state index in [9.17, 15) is 4.79 Å². The van der Waals surface area contributed by atoms with Crippen molar-refractivity contribution in [2.24, 2.45) is 0 Å². The molecule has 1 heterocycles. The van der Waals surface area contributed by atoms with Gasteiger partial charge in [-0.3, -0.25) is 4.79 Å². The topological polar surface area (TPSA) is 70.7 Å². The van der Waals surface area contributed by atoms with Gasteiger partial charge in [-0.1, -0.05) is 11.6 Å². The molecule has 1 aromatic heterocycles. The van der Waals surface area contributed by atoms with E-state index < -0.39 is 0 Å². The van der Waals surface area contributed by atoms with Crippen molar-refractivity contribution < 1.29 is 4.79 Å². The predicted octanol–water partition coefficient (Wildman–Crippen LogP) is 2.38. The van der Waals surface area contributed by atoms with Crippen LogP contribution in [0, 0.1) is 11.3 Å². The van der Waals surface area contributed by atoms with Crippen molar-refractivity contribution in [1.29, 1.82) is 5.26 Å². The lowest BCUT2D eigenvalue weighted by atomic mass is 10.2. The first-order valence-corrected chi connectivity index (χ1v) is 5.55. The van der Waals surface area contributed by atoms with E-state index in [2.05, 4.69) is 10.4 Å². The quantitative estimate of drug-likeness (QED) is 0.921.